The highest BCUT2D eigenvalue weighted by atomic mass is 16.5. The number of hydrogen-bond acceptors (Lipinski definition) is 6. The minimum atomic E-state index is -0.348. The largest absolute Gasteiger partial charge is 0.496 e. The van der Waals surface area contributed by atoms with Gasteiger partial charge in [-0.25, -0.2) is 4.99 Å². The number of fused-ring (bicyclic) bond motifs is 1. The molecule has 0 aromatic heterocycles. The minimum absolute atomic E-state index is 0.00179. The second-order valence-electron chi connectivity index (χ2n) is 9.69. The molecule has 2 aromatic rings. The molecule has 0 radical (unpaired) electrons. The third-order valence-electron chi connectivity index (χ3n) is 6.30. The molecule has 1 unspecified atom stereocenters. The first-order chi connectivity index (χ1) is 17.7. The zero-order valence-corrected chi connectivity index (χ0v) is 22.3. The lowest BCUT2D eigenvalue weighted by atomic mass is 10.0. The van der Waals surface area contributed by atoms with Gasteiger partial charge in [-0.3, -0.25) is 14.9 Å². The van der Waals surface area contributed by atoms with E-state index in [-0.39, 0.29) is 42.7 Å². The summed E-state index contributed by atoms with van der Waals surface area (Å²) in [6, 6.07) is 10.9. The van der Waals surface area contributed by atoms with Crippen LogP contribution < -0.4 is 30.6 Å². The summed E-state index contributed by atoms with van der Waals surface area (Å²) >= 11 is 0. The van der Waals surface area contributed by atoms with Gasteiger partial charge in [0, 0.05) is 12.5 Å². The average molecular weight is 511 g/mol. The van der Waals surface area contributed by atoms with Gasteiger partial charge in [-0.2, -0.15) is 0 Å². The van der Waals surface area contributed by atoms with Gasteiger partial charge in [0.15, 0.2) is 17.5 Å². The highest BCUT2D eigenvalue weighted by molar-refractivity contribution is 5.97. The Labute approximate surface area is 218 Å². The Morgan fingerprint density at radius 1 is 1.00 bits per heavy atom. The number of hydrogen-bond donors (Lipinski definition) is 3. The number of guanidine groups is 1. The lowest BCUT2D eigenvalue weighted by molar-refractivity contribution is -0.122. The molecule has 9 heteroatoms. The molecule has 0 spiro atoms. The van der Waals surface area contributed by atoms with Crippen LogP contribution in [0.25, 0.3) is 0 Å². The highest BCUT2D eigenvalue weighted by Crippen LogP contribution is 2.31. The van der Waals surface area contributed by atoms with E-state index in [2.05, 4.69) is 35.5 Å². The molecule has 0 aliphatic heterocycles. The molecule has 0 saturated carbocycles. The summed E-state index contributed by atoms with van der Waals surface area (Å²) in [4.78, 5) is 29.9. The number of carbonyl (C=O) groups excluding carboxylic acids is 2. The number of carbonyl (C=O) groups is 2. The topological polar surface area (TPSA) is 124 Å². The molecule has 2 atom stereocenters. The fourth-order valence-corrected chi connectivity index (χ4v) is 4.73. The van der Waals surface area contributed by atoms with E-state index in [0.29, 0.717) is 23.8 Å². The molecule has 200 valence electrons. The van der Waals surface area contributed by atoms with Crippen LogP contribution in [0.3, 0.4) is 0 Å². The Balaban J connectivity index is 1.57. The van der Waals surface area contributed by atoms with Gasteiger partial charge in [0.2, 0.25) is 11.8 Å². The molecule has 0 heterocycles. The fourth-order valence-electron chi connectivity index (χ4n) is 4.73. The van der Waals surface area contributed by atoms with Crippen molar-refractivity contribution in [2.24, 2.45) is 16.6 Å². The van der Waals surface area contributed by atoms with Gasteiger partial charge >= 0.3 is 0 Å². The lowest BCUT2D eigenvalue weighted by Crippen LogP contribution is -2.40. The van der Waals surface area contributed by atoms with Gasteiger partial charge in [0.1, 0.15) is 5.75 Å². The summed E-state index contributed by atoms with van der Waals surface area (Å²) in [5.74, 6) is 1.89. The smallest absolute Gasteiger partial charge is 0.231 e. The van der Waals surface area contributed by atoms with E-state index in [4.69, 9.17) is 19.9 Å². The van der Waals surface area contributed by atoms with Crippen molar-refractivity contribution in [3.8, 4) is 17.2 Å². The summed E-state index contributed by atoms with van der Waals surface area (Å²) in [5.41, 5.74) is 9.15. The standard InChI is InChI=1S/C28H38N4O5/c1-17(2)11-20(16-27(34)30-21-14-19-7-6-8-23(35-3)22(19)15-21)31-28(29)32-26(33)13-18-9-10-24(36-4)25(12-18)37-5/h6-10,12,17,20-21H,11,13-16H2,1-5H3,(H,30,34)(H3,29,31,32,33)/t20-,21?/m1/s1. The third-order valence-corrected chi connectivity index (χ3v) is 6.30. The van der Waals surface area contributed by atoms with Crippen LogP contribution >= 0.6 is 0 Å². The summed E-state index contributed by atoms with van der Waals surface area (Å²) in [6.07, 6.45) is 2.45. The molecule has 1 aliphatic rings. The van der Waals surface area contributed by atoms with Crippen LogP contribution in [0.5, 0.6) is 17.2 Å². The maximum absolute atomic E-state index is 12.9. The fraction of sp³-hybridized carbons (Fsp3) is 0.464. The van der Waals surface area contributed by atoms with E-state index in [1.165, 1.54) is 5.56 Å². The number of nitrogens with zero attached hydrogens (tertiary/aromatic N) is 1. The van der Waals surface area contributed by atoms with Crippen LogP contribution in [0.2, 0.25) is 0 Å². The lowest BCUT2D eigenvalue weighted by Gasteiger charge is -2.18. The molecule has 0 bridgehead atoms. The van der Waals surface area contributed by atoms with Gasteiger partial charge in [0.25, 0.3) is 0 Å². The van der Waals surface area contributed by atoms with Crippen LogP contribution in [-0.2, 0) is 28.9 Å². The van der Waals surface area contributed by atoms with Crippen LogP contribution in [-0.4, -0.2) is 51.2 Å². The van der Waals surface area contributed by atoms with E-state index < -0.39 is 0 Å². The van der Waals surface area contributed by atoms with Crippen molar-refractivity contribution in [2.45, 2.75) is 58.0 Å². The minimum Gasteiger partial charge on any atom is -0.496 e. The monoisotopic (exact) mass is 510 g/mol. The Bertz CT molecular complexity index is 1130. The molecule has 3 rings (SSSR count). The van der Waals surface area contributed by atoms with Gasteiger partial charge < -0.3 is 25.3 Å². The van der Waals surface area contributed by atoms with E-state index in [1.807, 2.05) is 12.1 Å². The number of benzene rings is 2. The van der Waals surface area contributed by atoms with Gasteiger partial charge in [-0.15, -0.1) is 0 Å². The molecule has 2 aromatic carbocycles. The number of aliphatic imine (C=N–C) groups is 1. The molecule has 37 heavy (non-hydrogen) atoms. The Morgan fingerprint density at radius 2 is 1.73 bits per heavy atom. The van der Waals surface area contributed by atoms with Crippen LogP contribution in [0.4, 0.5) is 0 Å². The van der Waals surface area contributed by atoms with Gasteiger partial charge in [0.05, 0.1) is 33.8 Å². The maximum Gasteiger partial charge on any atom is 0.231 e. The molecular formula is C28H38N4O5. The maximum atomic E-state index is 12.9. The van der Waals surface area contributed by atoms with Crippen LogP contribution in [0.1, 0.15) is 43.4 Å². The normalized spacial score (nSPS) is 15.6. The second kappa shape index (κ2) is 13.0. The number of nitrogens with two attached hydrogens (primary N) is 1. The third kappa shape index (κ3) is 7.87. The Kier molecular flexibility index (Phi) is 9.77. The van der Waals surface area contributed by atoms with Crippen LogP contribution in [0.15, 0.2) is 41.4 Å². The molecule has 9 nitrogen and oxygen atoms in total. The SMILES string of the molecule is COc1ccc(CC(=O)NC(N)=N[C@@H](CC(=O)NC2Cc3cccc(OC)c3C2)CC(C)C)cc1OC. The number of nitrogens with one attached hydrogen (secondary N) is 2. The highest BCUT2D eigenvalue weighted by Gasteiger charge is 2.26. The summed E-state index contributed by atoms with van der Waals surface area (Å²) in [7, 11) is 4.76. The molecule has 0 fully saturated rings. The summed E-state index contributed by atoms with van der Waals surface area (Å²) in [6.45, 7) is 4.12. The van der Waals surface area contributed by atoms with Crippen molar-refractivity contribution in [1.82, 2.24) is 10.6 Å². The molecule has 0 saturated heterocycles. The molecular weight excluding hydrogens is 472 g/mol. The van der Waals surface area contributed by atoms with Crippen molar-refractivity contribution in [2.75, 3.05) is 21.3 Å². The van der Waals surface area contributed by atoms with Crippen molar-refractivity contribution < 1.29 is 23.8 Å². The van der Waals surface area contributed by atoms with Gasteiger partial charge in [-0.05, 0) is 60.1 Å². The van der Waals surface area contributed by atoms with E-state index in [1.54, 1.807) is 39.5 Å². The van der Waals surface area contributed by atoms with Crippen molar-refractivity contribution in [3.05, 3.63) is 53.1 Å². The van der Waals surface area contributed by atoms with Crippen molar-refractivity contribution >= 4 is 17.8 Å². The number of rotatable bonds is 11. The van der Waals surface area contributed by atoms with E-state index in [0.717, 1.165) is 29.7 Å². The quantitative estimate of drug-likeness (QED) is 0.315. The van der Waals surface area contributed by atoms with Crippen molar-refractivity contribution in [1.29, 1.82) is 0 Å². The Hall–Kier alpha value is -3.75. The van der Waals surface area contributed by atoms with Crippen molar-refractivity contribution in [3.63, 3.8) is 0 Å². The number of methoxy groups -OCH3 is 3. The first-order valence-corrected chi connectivity index (χ1v) is 12.5. The number of ether oxygens (including phenoxy) is 3. The predicted molar refractivity (Wildman–Crippen MR) is 143 cm³/mol. The molecule has 4 N–H and O–H groups in total. The summed E-state index contributed by atoms with van der Waals surface area (Å²) < 4.78 is 16.0. The first-order valence-electron chi connectivity index (χ1n) is 12.5. The molecule has 2 amide bonds. The summed E-state index contributed by atoms with van der Waals surface area (Å²) in [5, 5.41) is 5.77. The Morgan fingerprint density at radius 3 is 2.41 bits per heavy atom. The van der Waals surface area contributed by atoms with Gasteiger partial charge in [-0.1, -0.05) is 32.0 Å². The molecule has 1 aliphatic carbocycles. The van der Waals surface area contributed by atoms with E-state index >= 15 is 0 Å². The number of amides is 2. The zero-order valence-electron chi connectivity index (χ0n) is 22.3. The average Bonchev–Trinajstić information content (AvgIpc) is 3.25. The second-order valence-corrected chi connectivity index (χ2v) is 9.69. The first kappa shape index (κ1) is 27.8. The van der Waals surface area contributed by atoms with Crippen LogP contribution in [0, 0.1) is 5.92 Å². The van der Waals surface area contributed by atoms with E-state index in [9.17, 15) is 9.59 Å². The zero-order chi connectivity index (χ0) is 26.9. The predicted octanol–water partition coefficient (Wildman–Crippen LogP) is 2.77.